The van der Waals surface area contributed by atoms with E-state index in [1.54, 1.807) is 36.4 Å². The quantitative estimate of drug-likeness (QED) is 0.637. The lowest BCUT2D eigenvalue weighted by Gasteiger charge is -2.18. The van der Waals surface area contributed by atoms with Crippen LogP contribution >= 0.6 is 0 Å². The molecule has 0 unspecified atom stereocenters. The molecule has 2 aromatic carbocycles. The van der Waals surface area contributed by atoms with Crippen LogP contribution in [-0.4, -0.2) is 16.2 Å². The second-order valence-electron chi connectivity index (χ2n) is 6.98. The minimum Gasteiger partial charge on any atom is -0.402 e. The van der Waals surface area contributed by atoms with E-state index in [1.165, 1.54) is 12.1 Å². The van der Waals surface area contributed by atoms with E-state index in [0.717, 1.165) is 11.1 Å². The number of carbonyl (C=O) groups excluding carboxylic acids is 1. The molecule has 0 bridgehead atoms. The maximum atomic E-state index is 13.0. The Morgan fingerprint density at radius 1 is 0.885 bits per heavy atom. The smallest absolute Gasteiger partial charge is 0.344 e. The van der Waals surface area contributed by atoms with Gasteiger partial charge in [-0.05, 0) is 53.4 Å². The molecule has 0 N–H and O–H groups in total. The molecule has 4 nitrogen and oxygen atoms in total. The minimum absolute atomic E-state index is 0.0180. The van der Waals surface area contributed by atoms with E-state index in [1.807, 2.05) is 12.1 Å². The summed E-state index contributed by atoms with van der Waals surface area (Å²) in [4.78, 5) is 12.2. The van der Waals surface area contributed by atoms with Crippen LogP contribution in [0.3, 0.4) is 0 Å². The second kappa shape index (κ2) is 7.04. The third kappa shape index (κ3) is 4.11. The van der Waals surface area contributed by atoms with E-state index < -0.39 is 5.97 Å². The molecule has 0 aliphatic rings. The number of aromatic nitrogens is 2. The van der Waals surface area contributed by atoms with E-state index >= 15 is 0 Å². The van der Waals surface area contributed by atoms with Gasteiger partial charge in [0.05, 0.1) is 11.3 Å². The highest BCUT2D eigenvalue weighted by Gasteiger charge is 2.15. The first kappa shape index (κ1) is 17.7. The molecule has 3 rings (SSSR count). The van der Waals surface area contributed by atoms with Crippen LogP contribution in [0.1, 0.15) is 36.7 Å². The summed E-state index contributed by atoms with van der Waals surface area (Å²) >= 11 is 0. The number of hydrogen-bond donors (Lipinski definition) is 0. The summed E-state index contributed by atoms with van der Waals surface area (Å²) in [7, 11) is 0. The molecule has 0 saturated carbocycles. The molecule has 132 valence electrons. The Labute approximate surface area is 151 Å². The monoisotopic (exact) mass is 350 g/mol. The summed E-state index contributed by atoms with van der Waals surface area (Å²) in [6, 6.07) is 16.5. The fourth-order valence-electron chi connectivity index (χ4n) is 2.41. The van der Waals surface area contributed by atoms with E-state index in [4.69, 9.17) is 4.74 Å². The topological polar surface area (TPSA) is 52.1 Å². The fraction of sp³-hybridized carbons (Fsp3) is 0.190. The zero-order chi connectivity index (χ0) is 18.7. The van der Waals surface area contributed by atoms with Crippen molar-refractivity contribution in [2.75, 3.05) is 0 Å². The van der Waals surface area contributed by atoms with Crippen molar-refractivity contribution in [2.45, 2.75) is 26.2 Å². The largest absolute Gasteiger partial charge is 0.402 e. The lowest BCUT2D eigenvalue weighted by atomic mass is 9.87. The predicted octanol–water partition coefficient (Wildman–Crippen LogP) is 4.80. The lowest BCUT2D eigenvalue weighted by molar-refractivity contribution is 0.0726. The first-order valence-corrected chi connectivity index (χ1v) is 8.25. The molecule has 0 aliphatic heterocycles. The fourth-order valence-corrected chi connectivity index (χ4v) is 2.41. The highest BCUT2D eigenvalue weighted by atomic mass is 19.1. The summed E-state index contributed by atoms with van der Waals surface area (Å²) in [6.45, 7) is 6.33. The van der Waals surface area contributed by atoms with Gasteiger partial charge in [-0.3, -0.25) is 0 Å². The molecule has 5 heteroatoms. The van der Waals surface area contributed by atoms with Crippen LogP contribution in [0.15, 0.2) is 60.7 Å². The maximum Gasteiger partial charge on any atom is 0.344 e. The Bertz CT molecular complexity index is 897. The molecule has 0 amide bonds. The lowest BCUT2D eigenvalue weighted by Crippen LogP contribution is -2.13. The van der Waals surface area contributed by atoms with Gasteiger partial charge in [0.15, 0.2) is 0 Å². The van der Waals surface area contributed by atoms with Crippen molar-refractivity contribution in [1.82, 2.24) is 10.2 Å². The van der Waals surface area contributed by atoms with Gasteiger partial charge in [0.25, 0.3) is 0 Å². The third-order valence-electron chi connectivity index (χ3n) is 3.96. The Kier molecular flexibility index (Phi) is 4.80. The van der Waals surface area contributed by atoms with Crippen molar-refractivity contribution in [1.29, 1.82) is 0 Å². The highest BCUT2D eigenvalue weighted by Crippen LogP contribution is 2.23. The average molecular weight is 350 g/mol. The minimum atomic E-state index is -0.491. The Balaban J connectivity index is 1.70. The normalized spacial score (nSPS) is 11.2. The van der Waals surface area contributed by atoms with Crippen LogP contribution < -0.4 is 4.74 Å². The number of ether oxygens (including phenoxy) is 1. The summed E-state index contributed by atoms with van der Waals surface area (Å²) in [5, 5.41) is 7.94. The van der Waals surface area contributed by atoms with Gasteiger partial charge in [0.2, 0.25) is 5.88 Å². The van der Waals surface area contributed by atoms with Crippen LogP contribution in [0.4, 0.5) is 4.39 Å². The molecular formula is C21H19FN2O2. The Morgan fingerprint density at radius 2 is 1.54 bits per heavy atom. The molecule has 0 aliphatic carbocycles. The molecule has 1 aromatic heterocycles. The van der Waals surface area contributed by atoms with Crippen molar-refractivity contribution >= 4 is 5.97 Å². The molecule has 0 spiro atoms. The number of nitrogens with zero attached hydrogens (tertiary/aromatic N) is 2. The van der Waals surface area contributed by atoms with E-state index in [9.17, 15) is 9.18 Å². The molecule has 0 fully saturated rings. The summed E-state index contributed by atoms with van der Waals surface area (Å²) in [6.07, 6.45) is 0. The van der Waals surface area contributed by atoms with Gasteiger partial charge in [0, 0.05) is 11.6 Å². The third-order valence-corrected chi connectivity index (χ3v) is 3.96. The molecule has 0 saturated heterocycles. The van der Waals surface area contributed by atoms with Crippen molar-refractivity contribution in [3.8, 4) is 17.1 Å². The van der Waals surface area contributed by atoms with E-state index in [0.29, 0.717) is 11.3 Å². The van der Waals surface area contributed by atoms with Gasteiger partial charge in [-0.1, -0.05) is 32.9 Å². The zero-order valence-corrected chi connectivity index (χ0v) is 14.9. The van der Waals surface area contributed by atoms with Gasteiger partial charge in [-0.2, -0.15) is 0 Å². The van der Waals surface area contributed by atoms with Crippen LogP contribution in [0.25, 0.3) is 11.3 Å². The standard InChI is InChI=1S/C21H19FN2O2/c1-21(2,3)16-8-4-15(5-9-16)20(25)26-19-13-12-18(23-24-19)14-6-10-17(22)11-7-14/h4-13H,1-3H3. The van der Waals surface area contributed by atoms with Gasteiger partial charge in [-0.15, -0.1) is 10.2 Å². The Morgan fingerprint density at radius 3 is 2.08 bits per heavy atom. The molecule has 0 radical (unpaired) electrons. The predicted molar refractivity (Wildman–Crippen MR) is 97.5 cm³/mol. The van der Waals surface area contributed by atoms with Gasteiger partial charge >= 0.3 is 5.97 Å². The molecular weight excluding hydrogens is 331 g/mol. The van der Waals surface area contributed by atoms with Gasteiger partial charge in [0.1, 0.15) is 5.82 Å². The van der Waals surface area contributed by atoms with Crippen LogP contribution in [0.5, 0.6) is 5.88 Å². The van der Waals surface area contributed by atoms with E-state index in [-0.39, 0.29) is 17.1 Å². The number of hydrogen-bond acceptors (Lipinski definition) is 4. The molecule has 0 atom stereocenters. The number of benzene rings is 2. The Hall–Kier alpha value is -3.08. The molecule has 1 heterocycles. The number of halogens is 1. The van der Waals surface area contributed by atoms with E-state index in [2.05, 4.69) is 31.0 Å². The number of esters is 1. The molecule has 3 aromatic rings. The van der Waals surface area contributed by atoms with Crippen LogP contribution in [0, 0.1) is 5.82 Å². The number of carbonyl (C=O) groups is 1. The highest BCUT2D eigenvalue weighted by molar-refractivity contribution is 5.90. The average Bonchev–Trinajstić information content (AvgIpc) is 2.62. The summed E-state index contributed by atoms with van der Waals surface area (Å²) < 4.78 is 18.2. The summed E-state index contributed by atoms with van der Waals surface area (Å²) in [5.41, 5.74) is 2.90. The zero-order valence-electron chi connectivity index (χ0n) is 14.9. The maximum absolute atomic E-state index is 13.0. The van der Waals surface area contributed by atoms with Crippen molar-refractivity contribution in [3.05, 3.63) is 77.6 Å². The van der Waals surface area contributed by atoms with Crippen LogP contribution in [-0.2, 0) is 5.41 Å². The van der Waals surface area contributed by atoms with Crippen molar-refractivity contribution < 1.29 is 13.9 Å². The molecule has 26 heavy (non-hydrogen) atoms. The van der Waals surface area contributed by atoms with Gasteiger partial charge in [-0.25, -0.2) is 9.18 Å². The second-order valence-corrected chi connectivity index (χ2v) is 6.98. The SMILES string of the molecule is CC(C)(C)c1ccc(C(=O)Oc2ccc(-c3ccc(F)cc3)nn2)cc1. The van der Waals surface area contributed by atoms with Crippen molar-refractivity contribution in [2.24, 2.45) is 0 Å². The summed E-state index contributed by atoms with van der Waals surface area (Å²) in [5.74, 6) is -0.695. The van der Waals surface area contributed by atoms with Crippen LogP contribution in [0.2, 0.25) is 0 Å². The first-order chi connectivity index (χ1) is 12.3. The van der Waals surface area contributed by atoms with Gasteiger partial charge < -0.3 is 4.74 Å². The first-order valence-electron chi connectivity index (χ1n) is 8.25. The van der Waals surface area contributed by atoms with Crippen molar-refractivity contribution in [3.63, 3.8) is 0 Å². The number of rotatable bonds is 3.